The van der Waals surface area contributed by atoms with Gasteiger partial charge in [0, 0.05) is 12.0 Å². The molecule has 2 rings (SSSR count). The summed E-state index contributed by atoms with van der Waals surface area (Å²) in [7, 11) is 0. The van der Waals surface area contributed by atoms with Gasteiger partial charge in [-0.05, 0) is 52.9 Å². The maximum Gasteiger partial charge on any atom is 0.323 e. The zero-order valence-corrected chi connectivity index (χ0v) is 13.3. The second kappa shape index (κ2) is 6.56. The largest absolute Gasteiger partial charge is 0.480 e. The van der Waals surface area contributed by atoms with Gasteiger partial charge in [0.2, 0.25) is 5.91 Å². The first-order valence-corrected chi connectivity index (χ1v) is 7.64. The zero-order valence-electron chi connectivity index (χ0n) is 11.7. The van der Waals surface area contributed by atoms with Gasteiger partial charge in [0.1, 0.15) is 12.4 Å². The summed E-state index contributed by atoms with van der Waals surface area (Å²) < 4.78 is 13.6. The van der Waals surface area contributed by atoms with Crippen LogP contribution in [0.25, 0.3) is 0 Å². The van der Waals surface area contributed by atoms with Crippen molar-refractivity contribution in [1.82, 2.24) is 4.90 Å². The molecular weight excluding hydrogens is 341 g/mol. The van der Waals surface area contributed by atoms with E-state index in [-0.39, 0.29) is 30.2 Å². The molecule has 1 saturated carbocycles. The predicted octanol–water partition coefficient (Wildman–Crippen LogP) is 2.84. The fourth-order valence-electron chi connectivity index (χ4n) is 2.31. The predicted molar refractivity (Wildman–Crippen MR) is 79.3 cm³/mol. The van der Waals surface area contributed by atoms with Gasteiger partial charge in [-0.3, -0.25) is 9.59 Å². The Morgan fingerprint density at radius 2 is 2.14 bits per heavy atom. The molecule has 1 aromatic carbocycles. The molecule has 1 amide bonds. The monoisotopic (exact) mass is 357 g/mol. The van der Waals surface area contributed by atoms with Crippen molar-refractivity contribution in [3.8, 4) is 0 Å². The number of benzene rings is 1. The molecule has 1 aliphatic carbocycles. The summed E-state index contributed by atoms with van der Waals surface area (Å²) in [6, 6.07) is 4.71. The highest BCUT2D eigenvalue weighted by Crippen LogP contribution is 2.28. The molecule has 6 heteroatoms. The van der Waals surface area contributed by atoms with Crippen molar-refractivity contribution in [3.05, 3.63) is 34.1 Å². The van der Waals surface area contributed by atoms with Crippen LogP contribution in [0.3, 0.4) is 0 Å². The second-order valence-electron chi connectivity index (χ2n) is 5.44. The minimum Gasteiger partial charge on any atom is -0.480 e. The van der Waals surface area contributed by atoms with Gasteiger partial charge >= 0.3 is 5.97 Å². The number of hydrogen-bond donors (Lipinski definition) is 1. The number of carboxylic acid groups (broad SMARTS) is 1. The van der Waals surface area contributed by atoms with Crippen LogP contribution in [-0.2, 0) is 16.0 Å². The third kappa shape index (κ3) is 4.27. The molecule has 114 valence electrons. The van der Waals surface area contributed by atoms with Gasteiger partial charge in [0.05, 0.1) is 4.47 Å². The highest BCUT2D eigenvalue weighted by atomic mass is 79.9. The number of hydrogen-bond acceptors (Lipinski definition) is 2. The highest BCUT2D eigenvalue weighted by Gasteiger charge is 2.35. The molecule has 4 nitrogen and oxygen atoms in total. The Morgan fingerprint density at radius 1 is 1.48 bits per heavy atom. The molecule has 1 atom stereocenters. The van der Waals surface area contributed by atoms with Crippen molar-refractivity contribution in [2.24, 2.45) is 5.92 Å². The van der Waals surface area contributed by atoms with E-state index in [0.29, 0.717) is 10.9 Å². The molecule has 0 spiro atoms. The number of aliphatic carboxylic acids is 1. The number of carbonyl (C=O) groups is 2. The Morgan fingerprint density at radius 3 is 2.67 bits per heavy atom. The molecule has 0 bridgehead atoms. The quantitative estimate of drug-likeness (QED) is 0.851. The second-order valence-corrected chi connectivity index (χ2v) is 6.30. The fourth-order valence-corrected chi connectivity index (χ4v) is 2.74. The van der Waals surface area contributed by atoms with Crippen molar-refractivity contribution < 1.29 is 19.1 Å². The summed E-state index contributed by atoms with van der Waals surface area (Å²) in [4.78, 5) is 24.7. The number of nitrogens with zero attached hydrogens (tertiary/aromatic N) is 1. The summed E-state index contributed by atoms with van der Waals surface area (Å²) in [5.41, 5.74) is 0.843. The maximum atomic E-state index is 13.2. The Kier molecular flexibility index (Phi) is 4.98. The molecule has 21 heavy (non-hydrogen) atoms. The molecule has 1 unspecified atom stereocenters. The van der Waals surface area contributed by atoms with Gasteiger partial charge in [-0.25, -0.2) is 4.39 Å². The molecular formula is C15H17BrFNO3. The van der Waals surface area contributed by atoms with Crippen molar-refractivity contribution in [2.45, 2.75) is 32.2 Å². The SMILES string of the molecule is CC(Cc1ccc(F)c(Br)c1)C(=O)N(CC(=O)O)C1CC1. The third-order valence-corrected chi connectivity index (χ3v) is 4.13. The van der Waals surface area contributed by atoms with E-state index in [1.165, 1.54) is 11.0 Å². The van der Waals surface area contributed by atoms with Gasteiger partial charge in [0.15, 0.2) is 0 Å². The van der Waals surface area contributed by atoms with Gasteiger partial charge in [-0.1, -0.05) is 13.0 Å². The average Bonchev–Trinajstić information content (AvgIpc) is 3.23. The number of halogens is 2. The van der Waals surface area contributed by atoms with E-state index in [1.807, 2.05) is 0 Å². The van der Waals surface area contributed by atoms with Crippen LogP contribution in [0.1, 0.15) is 25.3 Å². The summed E-state index contributed by atoms with van der Waals surface area (Å²) in [6.45, 7) is 1.53. The van der Waals surface area contributed by atoms with Crippen LogP contribution in [0.15, 0.2) is 22.7 Å². The van der Waals surface area contributed by atoms with E-state index in [4.69, 9.17) is 5.11 Å². The van der Waals surface area contributed by atoms with Gasteiger partial charge < -0.3 is 10.0 Å². The standard InChI is InChI=1S/C15H17BrFNO3/c1-9(6-10-2-5-13(17)12(16)7-10)15(21)18(8-14(19)20)11-3-4-11/h2,5,7,9,11H,3-4,6,8H2,1H3,(H,19,20). The molecule has 1 fully saturated rings. The first-order chi connectivity index (χ1) is 9.88. The van der Waals surface area contributed by atoms with Crippen molar-refractivity contribution in [2.75, 3.05) is 6.54 Å². The van der Waals surface area contributed by atoms with Crippen LogP contribution in [0.4, 0.5) is 4.39 Å². The normalized spacial score (nSPS) is 15.6. The van der Waals surface area contributed by atoms with Crippen LogP contribution in [0.2, 0.25) is 0 Å². The summed E-state index contributed by atoms with van der Waals surface area (Å²) in [5, 5.41) is 8.91. The lowest BCUT2D eigenvalue weighted by atomic mass is 9.99. The Labute approximate surface area is 131 Å². The van der Waals surface area contributed by atoms with Crippen LogP contribution < -0.4 is 0 Å². The Bertz CT molecular complexity index is 560. The lowest BCUT2D eigenvalue weighted by Gasteiger charge is -2.24. The molecule has 1 aliphatic rings. The Balaban J connectivity index is 2.03. The minimum absolute atomic E-state index is 0.0657. The van der Waals surface area contributed by atoms with Crippen molar-refractivity contribution >= 4 is 27.8 Å². The number of rotatable bonds is 6. The van der Waals surface area contributed by atoms with E-state index >= 15 is 0 Å². The van der Waals surface area contributed by atoms with Crippen LogP contribution in [0, 0.1) is 11.7 Å². The fraction of sp³-hybridized carbons (Fsp3) is 0.467. The molecule has 0 saturated heterocycles. The molecule has 0 heterocycles. The zero-order chi connectivity index (χ0) is 15.6. The number of amides is 1. The first kappa shape index (κ1) is 15.9. The minimum atomic E-state index is -0.994. The van der Waals surface area contributed by atoms with E-state index in [2.05, 4.69) is 15.9 Å². The van der Waals surface area contributed by atoms with Crippen molar-refractivity contribution in [3.63, 3.8) is 0 Å². The van der Waals surface area contributed by atoms with E-state index in [1.54, 1.807) is 19.1 Å². The first-order valence-electron chi connectivity index (χ1n) is 6.84. The molecule has 1 aromatic rings. The maximum absolute atomic E-state index is 13.2. The average molecular weight is 358 g/mol. The van der Waals surface area contributed by atoms with Gasteiger partial charge in [-0.15, -0.1) is 0 Å². The van der Waals surface area contributed by atoms with E-state index in [0.717, 1.165) is 18.4 Å². The summed E-state index contributed by atoms with van der Waals surface area (Å²) >= 11 is 3.12. The molecule has 0 aliphatic heterocycles. The third-order valence-electron chi connectivity index (χ3n) is 3.52. The summed E-state index contributed by atoms with van der Waals surface area (Å²) in [6.07, 6.45) is 2.20. The van der Waals surface area contributed by atoms with Crippen LogP contribution in [0.5, 0.6) is 0 Å². The lowest BCUT2D eigenvalue weighted by molar-refractivity contribution is -0.146. The van der Waals surface area contributed by atoms with Crippen LogP contribution in [-0.4, -0.2) is 34.5 Å². The van der Waals surface area contributed by atoms with Gasteiger partial charge in [0.25, 0.3) is 0 Å². The number of carbonyl (C=O) groups excluding carboxylic acids is 1. The topological polar surface area (TPSA) is 57.6 Å². The molecule has 0 radical (unpaired) electrons. The van der Waals surface area contributed by atoms with E-state index < -0.39 is 5.97 Å². The van der Waals surface area contributed by atoms with Crippen LogP contribution >= 0.6 is 15.9 Å². The van der Waals surface area contributed by atoms with Gasteiger partial charge in [-0.2, -0.15) is 0 Å². The van der Waals surface area contributed by atoms with E-state index in [9.17, 15) is 14.0 Å². The highest BCUT2D eigenvalue weighted by molar-refractivity contribution is 9.10. The molecule has 0 aromatic heterocycles. The van der Waals surface area contributed by atoms with Crippen molar-refractivity contribution in [1.29, 1.82) is 0 Å². The Hall–Kier alpha value is -1.43. The smallest absolute Gasteiger partial charge is 0.323 e. The lowest BCUT2D eigenvalue weighted by Crippen LogP contribution is -2.41. The number of carboxylic acids is 1. The molecule has 1 N–H and O–H groups in total. The summed E-state index contributed by atoms with van der Waals surface area (Å²) in [5.74, 6) is -1.82.